The van der Waals surface area contributed by atoms with Crippen LogP contribution in [0.15, 0.2) is 30.3 Å². The maximum atomic E-state index is 12.0. The van der Waals surface area contributed by atoms with Crippen molar-refractivity contribution in [3.63, 3.8) is 0 Å². The minimum Gasteiger partial charge on any atom is -0.493 e. The molecule has 2 aromatic rings. The molecular weight excluding hydrogens is 489 g/mol. The highest BCUT2D eigenvalue weighted by atomic mass is 127. The largest absolute Gasteiger partial charge is 0.493 e. The maximum absolute atomic E-state index is 12.0. The Balaban J connectivity index is 1.87. The van der Waals surface area contributed by atoms with Gasteiger partial charge in [0.1, 0.15) is 0 Å². The number of rotatable bonds is 9. The summed E-state index contributed by atoms with van der Waals surface area (Å²) in [6, 6.07) is 9.23. The smallest absolute Gasteiger partial charge is 0.306 e. The van der Waals surface area contributed by atoms with Crippen LogP contribution in [0.1, 0.15) is 17.5 Å². The molecule has 0 saturated heterocycles. The first-order valence-electron chi connectivity index (χ1n) is 8.88. The van der Waals surface area contributed by atoms with Crippen LogP contribution in [0, 0.1) is 10.5 Å². The second kappa shape index (κ2) is 10.9. The van der Waals surface area contributed by atoms with Crippen molar-refractivity contribution >= 4 is 40.2 Å². The first-order valence-corrected chi connectivity index (χ1v) is 9.96. The monoisotopic (exact) mass is 513 g/mol. The molecule has 0 fully saturated rings. The molecule has 0 aliphatic rings. The fourth-order valence-corrected chi connectivity index (χ4v) is 3.34. The number of benzene rings is 2. The summed E-state index contributed by atoms with van der Waals surface area (Å²) < 4.78 is 22.0. The summed E-state index contributed by atoms with van der Waals surface area (Å²) >= 11 is 2.20. The summed E-state index contributed by atoms with van der Waals surface area (Å²) in [4.78, 5) is 24.1. The van der Waals surface area contributed by atoms with Crippen LogP contribution in [-0.4, -0.2) is 39.8 Å². The molecule has 2 aromatic carbocycles. The normalized spacial score (nSPS) is 10.2. The molecule has 0 aliphatic carbocycles. The molecule has 0 radical (unpaired) electrons. The highest BCUT2D eigenvalue weighted by Gasteiger charge is 2.15. The zero-order valence-corrected chi connectivity index (χ0v) is 19.0. The Bertz CT molecular complexity index is 858. The average Bonchev–Trinajstić information content (AvgIpc) is 2.71. The Labute approximate surface area is 183 Å². The molecule has 0 spiro atoms. The van der Waals surface area contributed by atoms with Gasteiger partial charge in [0, 0.05) is 15.7 Å². The lowest BCUT2D eigenvalue weighted by Gasteiger charge is -2.14. The van der Waals surface area contributed by atoms with Crippen molar-refractivity contribution in [1.82, 2.24) is 0 Å². The quantitative estimate of drug-likeness (QED) is 0.407. The van der Waals surface area contributed by atoms with Crippen LogP contribution in [0.25, 0.3) is 0 Å². The van der Waals surface area contributed by atoms with Gasteiger partial charge in [0.15, 0.2) is 18.1 Å². The van der Waals surface area contributed by atoms with Crippen molar-refractivity contribution in [3.8, 4) is 17.2 Å². The summed E-state index contributed by atoms with van der Waals surface area (Å²) in [6.07, 6.45) is 0.530. The molecular formula is C21H24INO6. The van der Waals surface area contributed by atoms with E-state index < -0.39 is 5.97 Å². The minimum absolute atomic E-state index is 0.120. The number of anilines is 1. The van der Waals surface area contributed by atoms with Crippen LogP contribution in [0.2, 0.25) is 0 Å². The van der Waals surface area contributed by atoms with Gasteiger partial charge >= 0.3 is 5.97 Å². The second-order valence-corrected chi connectivity index (χ2v) is 7.45. The van der Waals surface area contributed by atoms with E-state index in [2.05, 4.69) is 27.9 Å². The molecule has 29 heavy (non-hydrogen) atoms. The summed E-state index contributed by atoms with van der Waals surface area (Å²) in [5.41, 5.74) is 2.47. The Hall–Kier alpha value is -2.49. The molecule has 0 heterocycles. The Morgan fingerprint density at radius 3 is 2.21 bits per heavy atom. The van der Waals surface area contributed by atoms with E-state index in [9.17, 15) is 9.59 Å². The van der Waals surface area contributed by atoms with Crippen molar-refractivity contribution in [1.29, 1.82) is 0 Å². The van der Waals surface area contributed by atoms with E-state index in [0.29, 0.717) is 29.4 Å². The molecule has 1 N–H and O–H groups in total. The van der Waals surface area contributed by atoms with Crippen LogP contribution in [-0.2, 0) is 20.7 Å². The number of amides is 1. The number of aryl methyl sites for hydroxylation is 2. The van der Waals surface area contributed by atoms with E-state index in [1.165, 1.54) is 21.3 Å². The van der Waals surface area contributed by atoms with E-state index >= 15 is 0 Å². The van der Waals surface area contributed by atoms with Gasteiger partial charge in [-0.15, -0.1) is 0 Å². The van der Waals surface area contributed by atoms with Crippen molar-refractivity contribution in [2.75, 3.05) is 33.3 Å². The molecule has 0 atom stereocenters. The highest BCUT2D eigenvalue weighted by Crippen LogP contribution is 2.38. The number of hydrogen-bond donors (Lipinski definition) is 1. The maximum Gasteiger partial charge on any atom is 0.306 e. The molecule has 7 nitrogen and oxygen atoms in total. The summed E-state index contributed by atoms with van der Waals surface area (Å²) in [6.45, 7) is 1.57. The Morgan fingerprint density at radius 1 is 1.00 bits per heavy atom. The topological polar surface area (TPSA) is 83.1 Å². The summed E-state index contributed by atoms with van der Waals surface area (Å²) in [5, 5.41) is 2.74. The van der Waals surface area contributed by atoms with Gasteiger partial charge in [-0.05, 0) is 77.4 Å². The number of carbonyl (C=O) groups is 2. The standard InChI is InChI=1S/C21H24INO6/c1-13-9-15(22)6-7-16(13)23-19(24)12-29-20(25)8-5-14-10-17(26-2)21(28-4)18(11-14)27-3/h6-7,9-11H,5,8,12H2,1-4H3,(H,23,24). The van der Waals surface area contributed by atoms with Gasteiger partial charge in [-0.3, -0.25) is 9.59 Å². The van der Waals surface area contributed by atoms with E-state index in [-0.39, 0.29) is 18.9 Å². The number of ether oxygens (including phenoxy) is 4. The van der Waals surface area contributed by atoms with Crippen LogP contribution < -0.4 is 19.5 Å². The second-order valence-electron chi connectivity index (χ2n) is 6.20. The van der Waals surface area contributed by atoms with Crippen LogP contribution in [0.4, 0.5) is 5.69 Å². The fourth-order valence-electron chi connectivity index (χ4n) is 2.70. The lowest BCUT2D eigenvalue weighted by molar-refractivity contribution is -0.147. The van der Waals surface area contributed by atoms with Crippen LogP contribution in [0.3, 0.4) is 0 Å². The van der Waals surface area contributed by atoms with Crippen molar-refractivity contribution in [2.24, 2.45) is 0 Å². The number of hydrogen-bond acceptors (Lipinski definition) is 6. The third-order valence-corrected chi connectivity index (χ3v) is 4.84. The fraction of sp³-hybridized carbons (Fsp3) is 0.333. The van der Waals surface area contributed by atoms with E-state index in [4.69, 9.17) is 18.9 Å². The van der Waals surface area contributed by atoms with Gasteiger partial charge in [-0.2, -0.15) is 0 Å². The van der Waals surface area contributed by atoms with Gasteiger partial charge < -0.3 is 24.3 Å². The predicted octanol–water partition coefficient (Wildman–Crippen LogP) is 3.74. The number of methoxy groups -OCH3 is 3. The first kappa shape index (κ1) is 22.8. The molecule has 2 rings (SSSR count). The van der Waals surface area contributed by atoms with Gasteiger partial charge in [0.25, 0.3) is 5.91 Å². The molecule has 0 unspecified atom stereocenters. The zero-order chi connectivity index (χ0) is 21.4. The number of carbonyl (C=O) groups excluding carboxylic acids is 2. The summed E-state index contributed by atoms with van der Waals surface area (Å²) in [5.74, 6) is 0.678. The van der Waals surface area contributed by atoms with Crippen LogP contribution in [0.5, 0.6) is 17.2 Å². The molecule has 156 valence electrons. The third kappa shape index (κ3) is 6.52. The van der Waals surface area contributed by atoms with E-state index in [1.54, 1.807) is 12.1 Å². The average molecular weight is 513 g/mol. The van der Waals surface area contributed by atoms with Gasteiger partial charge in [0.05, 0.1) is 21.3 Å². The van der Waals surface area contributed by atoms with Crippen molar-refractivity contribution in [3.05, 3.63) is 45.0 Å². The molecule has 0 aliphatic heterocycles. The van der Waals surface area contributed by atoms with Gasteiger partial charge in [-0.1, -0.05) is 0 Å². The zero-order valence-electron chi connectivity index (χ0n) is 16.8. The molecule has 0 aromatic heterocycles. The molecule has 0 bridgehead atoms. The van der Waals surface area contributed by atoms with Crippen molar-refractivity contribution in [2.45, 2.75) is 19.8 Å². The van der Waals surface area contributed by atoms with E-state index in [0.717, 1.165) is 14.7 Å². The van der Waals surface area contributed by atoms with E-state index in [1.807, 2.05) is 25.1 Å². The predicted molar refractivity (Wildman–Crippen MR) is 118 cm³/mol. The number of halogens is 1. The van der Waals surface area contributed by atoms with Gasteiger partial charge in [0.2, 0.25) is 5.75 Å². The summed E-state index contributed by atoms with van der Waals surface area (Å²) in [7, 11) is 4.59. The SMILES string of the molecule is COc1cc(CCC(=O)OCC(=O)Nc2ccc(I)cc2C)cc(OC)c1OC. The van der Waals surface area contributed by atoms with Crippen molar-refractivity contribution < 1.29 is 28.5 Å². The molecule has 0 saturated carbocycles. The van der Waals surface area contributed by atoms with Crippen LogP contribution >= 0.6 is 22.6 Å². The highest BCUT2D eigenvalue weighted by molar-refractivity contribution is 14.1. The lowest BCUT2D eigenvalue weighted by atomic mass is 10.1. The molecule has 8 heteroatoms. The third-order valence-electron chi connectivity index (χ3n) is 4.17. The first-order chi connectivity index (χ1) is 13.9. The molecule has 1 amide bonds. The Kier molecular flexibility index (Phi) is 8.56. The minimum atomic E-state index is -0.465. The Morgan fingerprint density at radius 2 is 1.66 bits per heavy atom. The number of nitrogens with one attached hydrogen (secondary N) is 1. The lowest BCUT2D eigenvalue weighted by Crippen LogP contribution is -2.21. The van der Waals surface area contributed by atoms with Gasteiger partial charge in [-0.25, -0.2) is 0 Å². The number of esters is 1.